The van der Waals surface area contributed by atoms with Crippen LogP contribution in [-0.4, -0.2) is 65.7 Å². The molecule has 0 radical (unpaired) electrons. The summed E-state index contributed by atoms with van der Waals surface area (Å²) in [4.78, 5) is 31.0. The Hall–Kier alpha value is -3.40. The van der Waals surface area contributed by atoms with Gasteiger partial charge in [0.15, 0.2) is 0 Å². The molecule has 0 saturated heterocycles. The van der Waals surface area contributed by atoms with Crippen molar-refractivity contribution in [2.75, 3.05) is 38.2 Å². The van der Waals surface area contributed by atoms with Gasteiger partial charge in [0.25, 0.3) is 5.91 Å². The largest absolute Gasteiger partial charge is 0.437 e. The summed E-state index contributed by atoms with van der Waals surface area (Å²) in [5.41, 5.74) is 1.76. The number of rotatable bonds is 9. The van der Waals surface area contributed by atoms with Gasteiger partial charge in [0, 0.05) is 55.6 Å². The van der Waals surface area contributed by atoms with Crippen LogP contribution in [0.15, 0.2) is 34.7 Å². The third-order valence-corrected chi connectivity index (χ3v) is 6.92. The molecule has 3 rings (SSSR count). The first kappa shape index (κ1) is 26.2. The van der Waals surface area contributed by atoms with Crippen LogP contribution in [0.4, 0.5) is 10.2 Å². The van der Waals surface area contributed by atoms with E-state index in [-0.39, 0.29) is 28.9 Å². The van der Waals surface area contributed by atoms with Gasteiger partial charge in [-0.15, -0.1) is 0 Å². The molecule has 188 valence electrons. The summed E-state index contributed by atoms with van der Waals surface area (Å²) >= 11 is 0. The number of furan rings is 1. The highest BCUT2D eigenvalue weighted by Crippen LogP contribution is 2.36. The summed E-state index contributed by atoms with van der Waals surface area (Å²) in [6.45, 7) is 2.24. The second-order valence-corrected chi connectivity index (χ2v) is 10.9. The number of carbonyl (C=O) groups excluding carboxylic acids is 2. The Morgan fingerprint density at radius 1 is 1.23 bits per heavy atom. The van der Waals surface area contributed by atoms with Crippen LogP contribution >= 0.6 is 0 Å². The van der Waals surface area contributed by atoms with E-state index in [1.165, 1.54) is 42.5 Å². The molecule has 3 aromatic rings. The van der Waals surface area contributed by atoms with Crippen molar-refractivity contribution in [3.63, 3.8) is 0 Å². The van der Waals surface area contributed by atoms with Gasteiger partial charge in [-0.3, -0.25) is 13.9 Å². The standard InChI is InChI=1S/C25H31FN4O4S/c1-7-16-15-19-21(24(32)27-2)22(17-10-12-18(26)13-11-17)34-25(19)28-23(16)30(35(5,6)33)14-8-9-20(31)29(3)4/h10-13,15H,5,7-9,14H2,1-4,6H3,(H,27,32). The third kappa shape index (κ3) is 5.64. The molecule has 2 heterocycles. The molecule has 0 aliphatic heterocycles. The number of halogens is 1. The van der Waals surface area contributed by atoms with Crippen LogP contribution in [0.3, 0.4) is 0 Å². The number of hydrogen-bond donors (Lipinski definition) is 1. The van der Waals surface area contributed by atoms with E-state index in [4.69, 9.17) is 4.42 Å². The van der Waals surface area contributed by atoms with Gasteiger partial charge in [-0.2, -0.15) is 4.98 Å². The fourth-order valence-electron chi connectivity index (χ4n) is 3.77. The fraction of sp³-hybridized carbons (Fsp3) is 0.360. The fourth-order valence-corrected chi connectivity index (χ4v) is 4.81. The van der Waals surface area contributed by atoms with Gasteiger partial charge in [-0.05, 0) is 54.6 Å². The lowest BCUT2D eigenvalue weighted by Crippen LogP contribution is -2.33. The molecule has 1 unspecified atom stereocenters. The van der Waals surface area contributed by atoms with Gasteiger partial charge >= 0.3 is 0 Å². The molecule has 1 atom stereocenters. The molecule has 0 spiro atoms. The molecular weight excluding hydrogens is 471 g/mol. The number of anilines is 1. The molecule has 35 heavy (non-hydrogen) atoms. The average Bonchev–Trinajstić information content (AvgIpc) is 3.18. The highest BCUT2D eigenvalue weighted by molar-refractivity contribution is 8.00. The van der Waals surface area contributed by atoms with Crippen molar-refractivity contribution < 1.29 is 22.6 Å². The molecule has 2 amide bonds. The van der Waals surface area contributed by atoms with Gasteiger partial charge in [0.1, 0.15) is 17.4 Å². The summed E-state index contributed by atoms with van der Waals surface area (Å²) < 4.78 is 34.3. The molecule has 0 aliphatic carbocycles. The minimum Gasteiger partial charge on any atom is -0.437 e. The number of nitrogens with zero attached hydrogens (tertiary/aromatic N) is 3. The minimum atomic E-state index is -2.74. The average molecular weight is 503 g/mol. The Balaban J connectivity index is 2.16. The second kappa shape index (κ2) is 10.5. The Morgan fingerprint density at radius 3 is 2.43 bits per heavy atom. The summed E-state index contributed by atoms with van der Waals surface area (Å²) in [6.07, 6.45) is 2.82. The number of aromatic nitrogens is 1. The lowest BCUT2D eigenvalue weighted by atomic mass is 10.0. The second-order valence-electron chi connectivity index (χ2n) is 8.52. The number of pyridine rings is 1. The normalized spacial score (nSPS) is 12.9. The molecular formula is C25H31FN4O4S. The number of nitrogens with one attached hydrogen (secondary N) is 1. The van der Waals surface area contributed by atoms with E-state index >= 15 is 0 Å². The summed E-state index contributed by atoms with van der Waals surface area (Å²) in [7, 11) is 2.16. The first-order valence-electron chi connectivity index (χ1n) is 11.2. The predicted octanol–water partition coefficient (Wildman–Crippen LogP) is 3.49. The van der Waals surface area contributed by atoms with Crippen molar-refractivity contribution in [1.29, 1.82) is 0 Å². The van der Waals surface area contributed by atoms with Crippen LogP contribution in [0.5, 0.6) is 0 Å². The number of carbonyl (C=O) groups is 2. The Kier molecular flexibility index (Phi) is 7.84. The highest BCUT2D eigenvalue weighted by atomic mass is 32.2. The van der Waals surface area contributed by atoms with E-state index < -0.39 is 15.5 Å². The number of fused-ring (bicyclic) bond motifs is 1. The van der Waals surface area contributed by atoms with Crippen LogP contribution < -0.4 is 9.62 Å². The molecule has 0 bridgehead atoms. The Bertz CT molecular complexity index is 1350. The van der Waals surface area contributed by atoms with Crippen LogP contribution in [-0.2, 0) is 20.9 Å². The zero-order valence-electron chi connectivity index (χ0n) is 20.7. The molecule has 10 heteroatoms. The maximum absolute atomic E-state index is 13.5. The summed E-state index contributed by atoms with van der Waals surface area (Å²) in [6, 6.07) is 7.45. The van der Waals surface area contributed by atoms with E-state index in [2.05, 4.69) is 16.2 Å². The number of aryl methyl sites for hydroxylation is 1. The Morgan fingerprint density at radius 2 is 1.89 bits per heavy atom. The first-order chi connectivity index (χ1) is 16.5. The van der Waals surface area contributed by atoms with Crippen molar-refractivity contribution in [1.82, 2.24) is 15.2 Å². The van der Waals surface area contributed by atoms with Gasteiger partial charge in [-0.25, -0.2) is 8.60 Å². The molecule has 2 aromatic heterocycles. The zero-order valence-corrected chi connectivity index (χ0v) is 21.5. The van der Waals surface area contributed by atoms with Crippen molar-refractivity contribution >= 4 is 44.3 Å². The molecule has 1 N–H and O–H groups in total. The highest BCUT2D eigenvalue weighted by Gasteiger charge is 2.26. The Labute approximate surface area is 205 Å². The van der Waals surface area contributed by atoms with E-state index in [9.17, 15) is 18.2 Å². The quantitative estimate of drug-likeness (QED) is 0.452. The maximum atomic E-state index is 13.5. The lowest BCUT2D eigenvalue weighted by Gasteiger charge is -2.27. The summed E-state index contributed by atoms with van der Waals surface area (Å²) in [5.74, 6) is 3.74. The van der Waals surface area contributed by atoms with E-state index in [0.29, 0.717) is 42.6 Å². The van der Waals surface area contributed by atoms with E-state index in [1.807, 2.05) is 13.0 Å². The van der Waals surface area contributed by atoms with Crippen molar-refractivity contribution in [3.05, 3.63) is 47.3 Å². The molecule has 8 nitrogen and oxygen atoms in total. The predicted molar refractivity (Wildman–Crippen MR) is 139 cm³/mol. The van der Waals surface area contributed by atoms with E-state index in [1.54, 1.807) is 18.4 Å². The minimum absolute atomic E-state index is 0.0269. The van der Waals surface area contributed by atoms with Crippen molar-refractivity contribution in [2.24, 2.45) is 0 Å². The van der Waals surface area contributed by atoms with Crippen molar-refractivity contribution in [2.45, 2.75) is 26.2 Å². The van der Waals surface area contributed by atoms with E-state index in [0.717, 1.165) is 5.56 Å². The van der Waals surface area contributed by atoms with Gasteiger partial charge < -0.3 is 14.6 Å². The van der Waals surface area contributed by atoms with Crippen LogP contribution in [0.1, 0.15) is 35.7 Å². The van der Waals surface area contributed by atoms with Gasteiger partial charge in [0.2, 0.25) is 11.6 Å². The van der Waals surface area contributed by atoms with Gasteiger partial charge in [0.05, 0.1) is 10.9 Å². The summed E-state index contributed by atoms with van der Waals surface area (Å²) in [5, 5.41) is 3.12. The first-order valence-corrected chi connectivity index (χ1v) is 13.3. The topological polar surface area (TPSA) is 95.8 Å². The van der Waals surface area contributed by atoms with Crippen LogP contribution in [0.2, 0.25) is 0 Å². The maximum Gasteiger partial charge on any atom is 0.255 e. The molecule has 0 aliphatic rings. The smallest absolute Gasteiger partial charge is 0.255 e. The van der Waals surface area contributed by atoms with Crippen LogP contribution in [0.25, 0.3) is 22.4 Å². The van der Waals surface area contributed by atoms with Crippen LogP contribution in [0, 0.1) is 5.82 Å². The number of amides is 2. The molecule has 0 fully saturated rings. The molecule has 1 aromatic carbocycles. The van der Waals surface area contributed by atoms with Crippen molar-refractivity contribution in [3.8, 4) is 11.3 Å². The number of hydrogen-bond acceptors (Lipinski definition) is 5. The van der Waals surface area contributed by atoms with Gasteiger partial charge in [-0.1, -0.05) is 6.92 Å². The molecule has 0 saturated carbocycles. The monoisotopic (exact) mass is 502 g/mol. The third-order valence-electron chi connectivity index (χ3n) is 5.63. The zero-order chi connectivity index (χ0) is 25.9. The lowest BCUT2D eigenvalue weighted by molar-refractivity contribution is -0.128. The number of benzene rings is 1. The SMILES string of the molecule is C=S(C)(=O)N(CCCC(=O)N(C)C)c1nc2oc(-c3ccc(F)cc3)c(C(=O)NC)c2cc1CC.